The highest BCUT2D eigenvalue weighted by Crippen LogP contribution is 2.31. The van der Waals surface area contributed by atoms with E-state index in [1.807, 2.05) is 0 Å². The lowest BCUT2D eigenvalue weighted by Gasteiger charge is -2.36. The first-order chi connectivity index (χ1) is 15.8. The van der Waals surface area contributed by atoms with Crippen molar-refractivity contribution in [3.05, 3.63) is 149 Å². The fourth-order valence-electron chi connectivity index (χ4n) is 5.20. The quantitative estimate of drug-likeness (QED) is 0.281. The van der Waals surface area contributed by atoms with Crippen LogP contribution in [0.4, 0.5) is 0 Å². The van der Waals surface area contributed by atoms with Crippen molar-refractivity contribution in [2.24, 2.45) is 0 Å². The van der Waals surface area contributed by atoms with Crippen molar-refractivity contribution in [2.45, 2.75) is 19.8 Å². The SMILES string of the molecule is Cc1cccc([Si](C2=C(Cc3ccccc3)C=CC2)(c2ccccc2)c2ccccc2)c1. The van der Waals surface area contributed by atoms with Crippen LogP contribution in [0.3, 0.4) is 0 Å². The van der Waals surface area contributed by atoms with Crippen LogP contribution >= 0.6 is 0 Å². The number of rotatable bonds is 6. The number of aryl methyl sites for hydroxylation is 1. The molecule has 4 aromatic carbocycles. The summed E-state index contributed by atoms with van der Waals surface area (Å²) >= 11 is 0. The zero-order valence-corrected chi connectivity index (χ0v) is 19.5. The molecule has 0 saturated carbocycles. The van der Waals surface area contributed by atoms with Crippen LogP contribution in [-0.4, -0.2) is 8.07 Å². The third kappa shape index (κ3) is 3.70. The minimum absolute atomic E-state index is 0.979. The van der Waals surface area contributed by atoms with Gasteiger partial charge in [-0.3, -0.25) is 0 Å². The molecule has 0 heterocycles. The van der Waals surface area contributed by atoms with E-state index in [9.17, 15) is 0 Å². The molecule has 156 valence electrons. The van der Waals surface area contributed by atoms with E-state index in [0.29, 0.717) is 0 Å². The van der Waals surface area contributed by atoms with Gasteiger partial charge >= 0.3 is 0 Å². The average Bonchev–Trinajstić information content (AvgIpc) is 3.30. The molecule has 0 nitrogen and oxygen atoms in total. The van der Waals surface area contributed by atoms with E-state index in [-0.39, 0.29) is 0 Å². The van der Waals surface area contributed by atoms with E-state index in [4.69, 9.17) is 0 Å². The lowest BCUT2D eigenvalue weighted by Crippen LogP contribution is -2.68. The molecular formula is C31H28Si. The van der Waals surface area contributed by atoms with Crippen LogP contribution in [0.5, 0.6) is 0 Å². The number of hydrogen-bond acceptors (Lipinski definition) is 0. The topological polar surface area (TPSA) is 0 Å². The Morgan fingerprint density at radius 1 is 0.625 bits per heavy atom. The van der Waals surface area contributed by atoms with Gasteiger partial charge in [-0.25, -0.2) is 0 Å². The summed E-state index contributed by atoms with van der Waals surface area (Å²) in [6, 6.07) is 42.6. The minimum atomic E-state index is -2.42. The molecule has 0 amide bonds. The first-order valence-corrected chi connectivity index (χ1v) is 13.4. The molecule has 0 saturated heterocycles. The Morgan fingerprint density at radius 2 is 1.19 bits per heavy atom. The summed E-state index contributed by atoms with van der Waals surface area (Å²) in [6.07, 6.45) is 6.75. The van der Waals surface area contributed by atoms with Crippen LogP contribution in [0.25, 0.3) is 0 Å². The predicted molar refractivity (Wildman–Crippen MR) is 140 cm³/mol. The van der Waals surface area contributed by atoms with Crippen LogP contribution < -0.4 is 15.6 Å². The van der Waals surface area contributed by atoms with Gasteiger partial charge in [0, 0.05) is 0 Å². The summed E-state index contributed by atoms with van der Waals surface area (Å²) in [7, 11) is -2.42. The van der Waals surface area contributed by atoms with Gasteiger partial charge in [-0.1, -0.05) is 138 Å². The highest BCUT2D eigenvalue weighted by atomic mass is 28.3. The van der Waals surface area contributed by atoms with Gasteiger partial charge in [-0.05, 0) is 46.5 Å². The molecular weight excluding hydrogens is 400 g/mol. The molecule has 4 aromatic rings. The molecule has 0 spiro atoms. The van der Waals surface area contributed by atoms with Crippen LogP contribution in [0.15, 0.2) is 138 Å². The van der Waals surface area contributed by atoms with Gasteiger partial charge in [0.2, 0.25) is 0 Å². The summed E-state index contributed by atoms with van der Waals surface area (Å²) in [6.45, 7) is 2.21. The van der Waals surface area contributed by atoms with Gasteiger partial charge < -0.3 is 0 Å². The Kier molecular flexibility index (Phi) is 5.75. The van der Waals surface area contributed by atoms with Crippen LogP contribution in [0.1, 0.15) is 17.5 Å². The second kappa shape index (κ2) is 8.98. The van der Waals surface area contributed by atoms with E-state index < -0.39 is 8.07 Å². The highest BCUT2D eigenvalue weighted by Gasteiger charge is 2.44. The standard InChI is InChI=1S/C31H28Si/c1-25-13-11-21-30(23-25)32(28-17-7-3-8-18-28,29-19-9-4-10-20-29)31-22-12-16-27(31)24-26-14-5-2-6-15-26/h2-21,23H,22,24H2,1H3. The lowest BCUT2D eigenvalue weighted by atomic mass is 10.1. The Labute approximate surface area is 192 Å². The van der Waals surface area contributed by atoms with Crippen molar-refractivity contribution in [2.75, 3.05) is 0 Å². The third-order valence-corrected chi connectivity index (χ3v) is 11.6. The van der Waals surface area contributed by atoms with Crippen molar-refractivity contribution < 1.29 is 0 Å². The smallest absolute Gasteiger partial charge is 0.0805 e. The normalized spacial score (nSPS) is 13.5. The molecule has 0 fully saturated rings. The third-order valence-electron chi connectivity index (χ3n) is 6.58. The molecule has 0 unspecified atom stereocenters. The van der Waals surface area contributed by atoms with Crippen molar-refractivity contribution in [1.29, 1.82) is 0 Å². The molecule has 5 rings (SSSR count). The Balaban J connectivity index is 1.83. The van der Waals surface area contributed by atoms with Gasteiger partial charge in [0.1, 0.15) is 0 Å². The van der Waals surface area contributed by atoms with Crippen molar-refractivity contribution in [3.63, 3.8) is 0 Å². The summed E-state index contributed by atoms with van der Waals surface area (Å²) in [4.78, 5) is 0. The number of hydrogen-bond donors (Lipinski definition) is 0. The maximum Gasteiger partial charge on any atom is 0.176 e. The molecule has 0 aromatic heterocycles. The average molecular weight is 429 g/mol. The highest BCUT2D eigenvalue weighted by molar-refractivity contribution is 7.16. The minimum Gasteiger partial charge on any atom is -0.0805 e. The second-order valence-electron chi connectivity index (χ2n) is 8.62. The van der Waals surface area contributed by atoms with Crippen molar-refractivity contribution in [1.82, 2.24) is 0 Å². The molecule has 0 N–H and O–H groups in total. The Morgan fingerprint density at radius 3 is 1.78 bits per heavy atom. The van der Waals surface area contributed by atoms with Gasteiger partial charge in [-0.2, -0.15) is 0 Å². The number of benzene rings is 4. The molecule has 0 aliphatic heterocycles. The molecule has 1 aliphatic carbocycles. The maximum atomic E-state index is 2.43. The first kappa shape index (κ1) is 20.5. The number of allylic oxidation sites excluding steroid dienone is 4. The second-order valence-corrected chi connectivity index (χ2v) is 12.5. The monoisotopic (exact) mass is 428 g/mol. The van der Waals surface area contributed by atoms with Crippen molar-refractivity contribution >= 4 is 23.6 Å². The van der Waals surface area contributed by atoms with Crippen LogP contribution in [0.2, 0.25) is 0 Å². The van der Waals surface area contributed by atoms with E-state index in [2.05, 4.69) is 134 Å². The zero-order valence-electron chi connectivity index (χ0n) is 18.5. The van der Waals surface area contributed by atoms with E-state index in [1.54, 1.807) is 5.20 Å². The van der Waals surface area contributed by atoms with Gasteiger partial charge in [0.05, 0.1) is 0 Å². The van der Waals surface area contributed by atoms with E-state index >= 15 is 0 Å². The molecule has 32 heavy (non-hydrogen) atoms. The van der Waals surface area contributed by atoms with Crippen LogP contribution in [-0.2, 0) is 6.42 Å². The molecule has 0 atom stereocenters. The largest absolute Gasteiger partial charge is 0.176 e. The molecule has 0 bridgehead atoms. The first-order valence-electron chi connectivity index (χ1n) is 11.4. The summed E-state index contributed by atoms with van der Waals surface area (Å²) < 4.78 is 0. The maximum absolute atomic E-state index is 2.43. The summed E-state index contributed by atoms with van der Waals surface area (Å²) in [5.74, 6) is 0. The predicted octanol–water partition coefficient (Wildman–Crippen LogP) is 5.50. The molecule has 0 radical (unpaired) electrons. The van der Waals surface area contributed by atoms with Gasteiger partial charge in [-0.15, -0.1) is 0 Å². The van der Waals surface area contributed by atoms with E-state index in [1.165, 1.54) is 32.3 Å². The summed E-state index contributed by atoms with van der Waals surface area (Å²) in [5, 5.41) is 6.01. The van der Waals surface area contributed by atoms with Crippen LogP contribution in [0, 0.1) is 6.92 Å². The Hall–Kier alpha value is -3.42. The Bertz CT molecular complexity index is 1210. The van der Waals surface area contributed by atoms with E-state index in [0.717, 1.165) is 12.8 Å². The molecule has 1 heteroatoms. The van der Waals surface area contributed by atoms with Gasteiger partial charge in [0.15, 0.2) is 8.07 Å². The zero-order chi connectivity index (χ0) is 21.8. The summed E-state index contributed by atoms with van der Waals surface area (Å²) in [5.41, 5.74) is 4.18. The fourth-order valence-corrected chi connectivity index (χ4v) is 10.5. The van der Waals surface area contributed by atoms with Crippen molar-refractivity contribution in [3.8, 4) is 0 Å². The molecule has 1 aliphatic rings. The van der Waals surface area contributed by atoms with Gasteiger partial charge in [0.25, 0.3) is 0 Å². The fraction of sp³-hybridized carbons (Fsp3) is 0.0968. The lowest BCUT2D eigenvalue weighted by molar-refractivity contribution is 1.18.